The number of hydrogen-bond acceptors (Lipinski definition) is 3. The van der Waals surface area contributed by atoms with E-state index in [0.717, 1.165) is 61.1 Å². The van der Waals surface area contributed by atoms with Crippen LogP contribution in [0.4, 0.5) is 0 Å². The summed E-state index contributed by atoms with van der Waals surface area (Å²) >= 11 is 0. The molecule has 0 saturated carbocycles. The summed E-state index contributed by atoms with van der Waals surface area (Å²) in [7, 11) is 0. The lowest BCUT2D eigenvalue weighted by atomic mass is 9.93. The predicted octanol–water partition coefficient (Wildman–Crippen LogP) is 2.26. The Morgan fingerprint density at radius 2 is 2.18 bits per heavy atom. The maximum absolute atomic E-state index is 12.5. The molecule has 0 saturated heterocycles. The number of furan rings is 1. The van der Waals surface area contributed by atoms with Gasteiger partial charge in [0.25, 0.3) is 11.5 Å². The van der Waals surface area contributed by atoms with Crippen LogP contribution in [0.25, 0.3) is 0 Å². The second kappa shape index (κ2) is 5.16. The highest BCUT2D eigenvalue weighted by Crippen LogP contribution is 2.30. The van der Waals surface area contributed by atoms with Crippen molar-refractivity contribution in [1.29, 1.82) is 0 Å². The summed E-state index contributed by atoms with van der Waals surface area (Å²) in [5, 5.41) is 2.99. The van der Waals surface area contributed by atoms with Crippen LogP contribution in [-0.4, -0.2) is 10.9 Å². The van der Waals surface area contributed by atoms with Crippen molar-refractivity contribution >= 4 is 5.91 Å². The summed E-state index contributed by atoms with van der Waals surface area (Å²) in [4.78, 5) is 27.5. The monoisotopic (exact) mass is 298 g/mol. The summed E-state index contributed by atoms with van der Waals surface area (Å²) in [6, 6.07) is 3.60. The van der Waals surface area contributed by atoms with Crippen molar-refractivity contribution in [1.82, 2.24) is 10.3 Å². The first-order valence-corrected chi connectivity index (χ1v) is 7.84. The van der Waals surface area contributed by atoms with E-state index >= 15 is 0 Å². The van der Waals surface area contributed by atoms with Gasteiger partial charge in [-0.3, -0.25) is 9.59 Å². The van der Waals surface area contributed by atoms with Gasteiger partial charge in [-0.1, -0.05) is 0 Å². The molecule has 0 spiro atoms. The van der Waals surface area contributed by atoms with Crippen molar-refractivity contribution in [3.8, 4) is 0 Å². The lowest BCUT2D eigenvalue weighted by Gasteiger charge is -2.22. The van der Waals surface area contributed by atoms with Crippen molar-refractivity contribution in [2.45, 2.75) is 44.6 Å². The molecular weight excluding hydrogens is 280 g/mol. The van der Waals surface area contributed by atoms with Crippen LogP contribution >= 0.6 is 0 Å². The van der Waals surface area contributed by atoms with Gasteiger partial charge in [-0.25, -0.2) is 0 Å². The first kappa shape index (κ1) is 13.4. The fourth-order valence-electron chi connectivity index (χ4n) is 3.55. The Morgan fingerprint density at radius 1 is 1.27 bits per heavy atom. The number of aryl methyl sites for hydroxylation is 3. The highest BCUT2D eigenvalue weighted by molar-refractivity contribution is 5.94. The molecule has 0 bridgehead atoms. The number of nitrogens with one attached hydrogen (secondary N) is 2. The van der Waals surface area contributed by atoms with Gasteiger partial charge in [-0.15, -0.1) is 0 Å². The molecule has 5 nitrogen and oxygen atoms in total. The van der Waals surface area contributed by atoms with Crippen LogP contribution in [0.15, 0.2) is 27.6 Å². The summed E-state index contributed by atoms with van der Waals surface area (Å²) in [6.07, 6.45) is 7.30. The normalized spacial score (nSPS) is 19.5. The zero-order chi connectivity index (χ0) is 15.1. The van der Waals surface area contributed by atoms with Gasteiger partial charge in [-0.05, 0) is 49.8 Å². The fourth-order valence-corrected chi connectivity index (χ4v) is 3.55. The van der Waals surface area contributed by atoms with E-state index in [9.17, 15) is 9.59 Å². The van der Waals surface area contributed by atoms with Crippen LogP contribution in [0.1, 0.15) is 58.2 Å². The molecule has 5 heteroatoms. The first-order valence-electron chi connectivity index (χ1n) is 7.84. The van der Waals surface area contributed by atoms with Crippen LogP contribution in [0.5, 0.6) is 0 Å². The standard InChI is InChI=1S/C17H18N2O3/c20-16-12(9-10-3-1-4-13(10)18-16)17(21)19-14-5-2-6-15-11(14)7-8-22-15/h7-9,14H,1-6H2,(H,18,20)(H,19,21)/t14-/m1/s1. The van der Waals surface area contributed by atoms with Crippen LogP contribution in [-0.2, 0) is 19.3 Å². The minimum atomic E-state index is -0.296. The quantitative estimate of drug-likeness (QED) is 0.893. The molecular formula is C17H18N2O3. The molecule has 0 aliphatic heterocycles. The fraction of sp³-hybridized carbons (Fsp3) is 0.412. The topological polar surface area (TPSA) is 75.1 Å². The molecule has 1 amide bonds. The van der Waals surface area contributed by atoms with Gasteiger partial charge >= 0.3 is 0 Å². The number of carbonyl (C=O) groups is 1. The smallest absolute Gasteiger partial charge is 0.261 e. The molecule has 114 valence electrons. The zero-order valence-corrected chi connectivity index (χ0v) is 12.3. The number of hydrogen-bond donors (Lipinski definition) is 2. The van der Waals surface area contributed by atoms with Crippen molar-refractivity contribution < 1.29 is 9.21 Å². The Hall–Kier alpha value is -2.30. The average Bonchev–Trinajstić information content (AvgIpc) is 3.14. The van der Waals surface area contributed by atoms with Crippen molar-refractivity contribution in [3.63, 3.8) is 0 Å². The number of carbonyl (C=O) groups excluding carboxylic acids is 1. The van der Waals surface area contributed by atoms with Crippen LogP contribution in [0.2, 0.25) is 0 Å². The van der Waals surface area contributed by atoms with Gasteiger partial charge in [0, 0.05) is 17.7 Å². The van der Waals surface area contributed by atoms with Crippen molar-refractivity contribution in [3.05, 3.63) is 56.9 Å². The largest absolute Gasteiger partial charge is 0.469 e. The van der Waals surface area contributed by atoms with Gasteiger partial charge in [0.1, 0.15) is 11.3 Å². The van der Waals surface area contributed by atoms with Crippen LogP contribution in [0.3, 0.4) is 0 Å². The number of rotatable bonds is 2. The number of fused-ring (bicyclic) bond motifs is 2. The molecule has 0 unspecified atom stereocenters. The Bertz CT molecular complexity index is 787. The molecule has 2 N–H and O–H groups in total. The molecule has 2 heterocycles. The number of H-pyrrole nitrogens is 1. The van der Waals surface area contributed by atoms with Gasteiger partial charge in [0.05, 0.1) is 12.3 Å². The van der Waals surface area contributed by atoms with E-state index in [2.05, 4.69) is 10.3 Å². The van der Waals surface area contributed by atoms with Crippen LogP contribution < -0.4 is 10.9 Å². The van der Waals surface area contributed by atoms with Crippen LogP contribution in [0, 0.1) is 0 Å². The molecule has 0 aromatic carbocycles. The summed E-state index contributed by atoms with van der Waals surface area (Å²) in [5.41, 5.74) is 3.04. The summed E-state index contributed by atoms with van der Waals surface area (Å²) < 4.78 is 5.44. The third-order valence-corrected chi connectivity index (χ3v) is 4.69. The molecule has 0 fully saturated rings. The number of aromatic amines is 1. The molecule has 1 atom stereocenters. The Balaban J connectivity index is 1.60. The molecule has 2 aliphatic carbocycles. The third kappa shape index (κ3) is 2.17. The van der Waals surface area contributed by atoms with E-state index in [-0.39, 0.29) is 23.1 Å². The molecule has 2 aliphatic rings. The maximum Gasteiger partial charge on any atom is 0.261 e. The Labute approximate surface area is 127 Å². The number of aromatic nitrogens is 1. The molecule has 0 radical (unpaired) electrons. The lowest BCUT2D eigenvalue weighted by Crippen LogP contribution is -2.34. The number of amides is 1. The second-order valence-electron chi connectivity index (χ2n) is 6.09. The minimum Gasteiger partial charge on any atom is -0.469 e. The first-order chi connectivity index (χ1) is 10.7. The average molecular weight is 298 g/mol. The van der Waals surface area contributed by atoms with Gasteiger partial charge < -0.3 is 14.7 Å². The lowest BCUT2D eigenvalue weighted by molar-refractivity contribution is 0.0930. The summed E-state index contributed by atoms with van der Waals surface area (Å²) in [6.45, 7) is 0. The van der Waals surface area contributed by atoms with E-state index in [1.165, 1.54) is 0 Å². The molecule has 4 rings (SSSR count). The van der Waals surface area contributed by atoms with Crippen molar-refractivity contribution in [2.24, 2.45) is 0 Å². The van der Waals surface area contributed by atoms with Gasteiger partial charge in [-0.2, -0.15) is 0 Å². The third-order valence-electron chi connectivity index (χ3n) is 4.69. The molecule has 2 aromatic heterocycles. The van der Waals surface area contributed by atoms with Gasteiger partial charge in [0.2, 0.25) is 0 Å². The van der Waals surface area contributed by atoms with Gasteiger partial charge in [0.15, 0.2) is 0 Å². The maximum atomic E-state index is 12.5. The van der Waals surface area contributed by atoms with E-state index < -0.39 is 0 Å². The zero-order valence-electron chi connectivity index (χ0n) is 12.3. The molecule has 2 aromatic rings. The predicted molar refractivity (Wildman–Crippen MR) is 80.9 cm³/mol. The van der Waals surface area contributed by atoms with Crippen molar-refractivity contribution in [2.75, 3.05) is 0 Å². The summed E-state index contributed by atoms with van der Waals surface area (Å²) in [5.74, 6) is 0.648. The number of pyridine rings is 1. The Kier molecular flexibility index (Phi) is 3.13. The van der Waals surface area contributed by atoms with E-state index in [0.29, 0.717) is 0 Å². The highest BCUT2D eigenvalue weighted by atomic mass is 16.3. The molecule has 22 heavy (non-hydrogen) atoms. The van der Waals surface area contributed by atoms with E-state index in [4.69, 9.17) is 4.42 Å². The SMILES string of the molecule is O=C(N[C@@H]1CCCc2occc21)c1cc2c([nH]c1=O)CCC2. The minimum absolute atomic E-state index is 0.0670. The van der Waals surface area contributed by atoms with E-state index in [1.807, 2.05) is 6.07 Å². The Morgan fingerprint density at radius 3 is 3.09 bits per heavy atom. The highest BCUT2D eigenvalue weighted by Gasteiger charge is 2.26. The van der Waals surface area contributed by atoms with E-state index in [1.54, 1.807) is 12.3 Å². The second-order valence-corrected chi connectivity index (χ2v) is 6.09.